The second-order valence-corrected chi connectivity index (χ2v) is 4.39. The summed E-state index contributed by atoms with van der Waals surface area (Å²) in [6, 6.07) is 5.44. The molecule has 5 heteroatoms. The lowest BCUT2D eigenvalue weighted by atomic mass is 10.1. The number of ether oxygens (including phenoxy) is 2. The van der Waals surface area contributed by atoms with Gasteiger partial charge < -0.3 is 14.0 Å². The number of benzene rings is 1. The van der Waals surface area contributed by atoms with Crippen molar-refractivity contribution in [2.45, 2.75) is 20.4 Å². The van der Waals surface area contributed by atoms with Gasteiger partial charge in [-0.1, -0.05) is 0 Å². The van der Waals surface area contributed by atoms with Gasteiger partial charge in [-0.25, -0.2) is 0 Å². The van der Waals surface area contributed by atoms with Gasteiger partial charge in [0.25, 0.3) is 0 Å². The van der Waals surface area contributed by atoms with Gasteiger partial charge in [0, 0.05) is 22.2 Å². The van der Waals surface area contributed by atoms with Crippen LogP contribution in [0, 0.1) is 6.92 Å². The molecule has 0 aliphatic carbocycles. The Bertz CT molecular complexity index is 657. The number of rotatable bonds is 5. The third-order valence-electron chi connectivity index (χ3n) is 3.29. The minimum atomic E-state index is -0.319. The van der Waals surface area contributed by atoms with Crippen LogP contribution in [-0.2, 0) is 16.1 Å². The summed E-state index contributed by atoms with van der Waals surface area (Å²) in [5.74, 6) is 0.356. The highest BCUT2D eigenvalue weighted by Gasteiger charge is 2.16. The van der Waals surface area contributed by atoms with Gasteiger partial charge in [0.05, 0.1) is 13.7 Å². The Morgan fingerprint density at radius 1 is 1.40 bits per heavy atom. The number of hydrogen-bond acceptors (Lipinski definition) is 4. The van der Waals surface area contributed by atoms with Gasteiger partial charge in [-0.3, -0.25) is 9.59 Å². The molecule has 0 saturated carbocycles. The summed E-state index contributed by atoms with van der Waals surface area (Å²) in [5, 5.41) is 0.779. The van der Waals surface area contributed by atoms with Crippen LogP contribution < -0.4 is 4.74 Å². The topological polar surface area (TPSA) is 57.5 Å². The van der Waals surface area contributed by atoms with E-state index in [4.69, 9.17) is 9.47 Å². The normalized spacial score (nSPS) is 10.6. The minimum Gasteiger partial charge on any atom is -0.497 e. The van der Waals surface area contributed by atoms with Crippen LogP contribution in [0.15, 0.2) is 18.2 Å². The number of hydrogen-bond donors (Lipinski definition) is 0. The fourth-order valence-corrected chi connectivity index (χ4v) is 2.30. The molecule has 0 amide bonds. The summed E-state index contributed by atoms with van der Waals surface area (Å²) in [6.45, 7) is 4.01. The molecule has 1 heterocycles. The zero-order valence-electron chi connectivity index (χ0n) is 11.8. The number of carbonyl (C=O) groups excluding carboxylic acids is 2. The molecule has 1 aromatic carbocycles. The molecule has 0 aliphatic rings. The first-order chi connectivity index (χ1) is 9.62. The minimum absolute atomic E-state index is 0.0936. The molecule has 0 spiro atoms. The third-order valence-corrected chi connectivity index (χ3v) is 3.29. The number of methoxy groups -OCH3 is 1. The van der Waals surface area contributed by atoms with Crippen LogP contribution in [0.3, 0.4) is 0 Å². The molecule has 1 aromatic heterocycles. The standard InChI is InChI=1S/C15H17NO4/c1-4-20-15(18)8-16-10(2)13(9-17)12-7-11(19-3)5-6-14(12)16/h5-7,9H,4,8H2,1-3H3. The van der Waals surface area contributed by atoms with Crippen molar-refractivity contribution in [2.75, 3.05) is 13.7 Å². The number of carbonyl (C=O) groups is 2. The van der Waals surface area contributed by atoms with E-state index in [2.05, 4.69) is 0 Å². The van der Waals surface area contributed by atoms with Crippen molar-refractivity contribution in [1.29, 1.82) is 0 Å². The molecule has 0 saturated heterocycles. The molecule has 2 aromatic rings. The Kier molecular flexibility index (Phi) is 4.08. The van der Waals surface area contributed by atoms with Crippen LogP contribution in [0.1, 0.15) is 23.0 Å². The van der Waals surface area contributed by atoms with Gasteiger partial charge in [-0.2, -0.15) is 0 Å². The molecule has 0 aliphatic heterocycles. The largest absolute Gasteiger partial charge is 0.497 e. The van der Waals surface area contributed by atoms with E-state index < -0.39 is 0 Å². The molecule has 0 fully saturated rings. The van der Waals surface area contributed by atoms with E-state index in [0.29, 0.717) is 17.9 Å². The van der Waals surface area contributed by atoms with Gasteiger partial charge in [0.2, 0.25) is 0 Å². The van der Waals surface area contributed by atoms with Crippen LogP contribution in [0.25, 0.3) is 10.9 Å². The van der Waals surface area contributed by atoms with E-state index >= 15 is 0 Å². The quantitative estimate of drug-likeness (QED) is 0.620. The van der Waals surface area contributed by atoms with Crippen molar-refractivity contribution in [3.05, 3.63) is 29.5 Å². The number of aromatic nitrogens is 1. The van der Waals surface area contributed by atoms with Crippen molar-refractivity contribution < 1.29 is 19.1 Å². The zero-order valence-corrected chi connectivity index (χ0v) is 11.8. The van der Waals surface area contributed by atoms with Crippen molar-refractivity contribution in [3.63, 3.8) is 0 Å². The molecule has 0 atom stereocenters. The first kappa shape index (κ1) is 14.1. The zero-order chi connectivity index (χ0) is 14.7. The molecule has 0 radical (unpaired) electrons. The Balaban J connectivity index is 2.56. The van der Waals surface area contributed by atoms with Crippen LogP contribution in [-0.4, -0.2) is 30.5 Å². The van der Waals surface area contributed by atoms with E-state index in [0.717, 1.165) is 22.9 Å². The Hall–Kier alpha value is -2.30. The molecule has 106 valence electrons. The fourth-order valence-electron chi connectivity index (χ4n) is 2.30. The summed E-state index contributed by atoms with van der Waals surface area (Å²) in [6.07, 6.45) is 0.804. The Labute approximate surface area is 117 Å². The highest BCUT2D eigenvalue weighted by molar-refractivity contribution is 6.00. The summed E-state index contributed by atoms with van der Waals surface area (Å²) >= 11 is 0. The maximum atomic E-state index is 11.7. The number of fused-ring (bicyclic) bond motifs is 1. The molecular weight excluding hydrogens is 258 g/mol. The van der Waals surface area contributed by atoms with Crippen molar-refractivity contribution in [2.24, 2.45) is 0 Å². The van der Waals surface area contributed by atoms with Gasteiger partial charge in [-0.05, 0) is 32.0 Å². The van der Waals surface area contributed by atoms with Crippen LogP contribution in [0.4, 0.5) is 0 Å². The first-order valence-electron chi connectivity index (χ1n) is 6.40. The highest BCUT2D eigenvalue weighted by atomic mass is 16.5. The van der Waals surface area contributed by atoms with Crippen LogP contribution in [0.2, 0.25) is 0 Å². The summed E-state index contributed by atoms with van der Waals surface area (Å²) in [7, 11) is 1.57. The van der Waals surface area contributed by atoms with Crippen LogP contribution in [0.5, 0.6) is 5.75 Å². The molecule has 5 nitrogen and oxygen atoms in total. The summed E-state index contributed by atoms with van der Waals surface area (Å²) < 4.78 is 11.9. The molecule has 0 unspecified atom stereocenters. The second-order valence-electron chi connectivity index (χ2n) is 4.39. The maximum absolute atomic E-state index is 11.7. The molecule has 20 heavy (non-hydrogen) atoms. The lowest BCUT2D eigenvalue weighted by Crippen LogP contribution is -2.14. The number of aldehydes is 1. The lowest BCUT2D eigenvalue weighted by molar-refractivity contribution is -0.143. The maximum Gasteiger partial charge on any atom is 0.325 e. The SMILES string of the molecule is CCOC(=O)Cn1c(C)c(C=O)c2cc(OC)ccc21. The van der Waals surface area contributed by atoms with E-state index in [-0.39, 0.29) is 12.5 Å². The molecular formula is C15H17NO4. The van der Waals surface area contributed by atoms with Gasteiger partial charge in [-0.15, -0.1) is 0 Å². The monoisotopic (exact) mass is 275 g/mol. The fraction of sp³-hybridized carbons (Fsp3) is 0.333. The third kappa shape index (κ3) is 2.39. The summed E-state index contributed by atoms with van der Waals surface area (Å²) in [5.41, 5.74) is 2.14. The van der Waals surface area contributed by atoms with Crippen molar-refractivity contribution >= 4 is 23.2 Å². The Morgan fingerprint density at radius 3 is 2.75 bits per heavy atom. The second kappa shape index (κ2) is 5.77. The molecule has 0 bridgehead atoms. The highest BCUT2D eigenvalue weighted by Crippen LogP contribution is 2.28. The smallest absolute Gasteiger partial charge is 0.325 e. The van der Waals surface area contributed by atoms with Gasteiger partial charge in [0.1, 0.15) is 12.3 Å². The van der Waals surface area contributed by atoms with Crippen LogP contribution >= 0.6 is 0 Å². The predicted molar refractivity (Wildman–Crippen MR) is 75.2 cm³/mol. The average Bonchev–Trinajstić information content (AvgIpc) is 2.70. The molecule has 0 N–H and O–H groups in total. The average molecular weight is 275 g/mol. The summed E-state index contributed by atoms with van der Waals surface area (Å²) in [4.78, 5) is 23.0. The molecule has 2 rings (SSSR count). The van der Waals surface area contributed by atoms with Crippen molar-refractivity contribution in [3.8, 4) is 5.75 Å². The first-order valence-corrected chi connectivity index (χ1v) is 6.40. The predicted octanol–water partition coefficient (Wildman–Crippen LogP) is 2.33. The number of nitrogens with zero attached hydrogens (tertiary/aromatic N) is 1. The number of esters is 1. The van der Waals surface area contributed by atoms with Gasteiger partial charge >= 0.3 is 5.97 Å². The lowest BCUT2D eigenvalue weighted by Gasteiger charge is -2.08. The van der Waals surface area contributed by atoms with Crippen molar-refractivity contribution in [1.82, 2.24) is 4.57 Å². The van der Waals surface area contributed by atoms with E-state index in [1.807, 2.05) is 13.0 Å². The Morgan fingerprint density at radius 2 is 2.15 bits per heavy atom. The van der Waals surface area contributed by atoms with E-state index in [9.17, 15) is 9.59 Å². The van der Waals surface area contributed by atoms with Gasteiger partial charge in [0.15, 0.2) is 6.29 Å². The van der Waals surface area contributed by atoms with E-state index in [1.54, 1.807) is 30.7 Å². The van der Waals surface area contributed by atoms with E-state index in [1.165, 1.54) is 0 Å².